The first kappa shape index (κ1) is 11.0. The summed E-state index contributed by atoms with van der Waals surface area (Å²) in [6.45, 7) is 3.83. The van der Waals surface area contributed by atoms with Crippen molar-refractivity contribution in [3.05, 3.63) is 18.2 Å². The summed E-state index contributed by atoms with van der Waals surface area (Å²) < 4.78 is 0. The van der Waals surface area contributed by atoms with Crippen LogP contribution in [0.5, 0.6) is 0 Å². The molecule has 1 aromatic rings. The molecule has 1 N–H and O–H groups in total. The number of carbonyl (C=O) groups excluding carboxylic acids is 1. The van der Waals surface area contributed by atoms with Crippen LogP contribution in [-0.4, -0.2) is 21.8 Å². The molecule has 1 saturated carbocycles. The molecule has 0 aromatic carbocycles. The summed E-state index contributed by atoms with van der Waals surface area (Å²) in [7, 11) is 0. The van der Waals surface area contributed by atoms with Crippen molar-refractivity contribution in [2.24, 2.45) is 5.92 Å². The van der Waals surface area contributed by atoms with Crippen LogP contribution in [0, 0.1) is 5.92 Å². The van der Waals surface area contributed by atoms with Crippen LogP contribution in [0.25, 0.3) is 0 Å². The molecule has 4 nitrogen and oxygen atoms in total. The summed E-state index contributed by atoms with van der Waals surface area (Å²) in [6, 6.07) is 0.555. The van der Waals surface area contributed by atoms with E-state index in [2.05, 4.69) is 15.3 Å². The molecule has 0 unspecified atom stereocenters. The molecule has 0 amide bonds. The van der Waals surface area contributed by atoms with Crippen molar-refractivity contribution >= 4 is 11.5 Å². The molecule has 0 spiro atoms. The Balaban J connectivity index is 2.09. The van der Waals surface area contributed by atoms with Gasteiger partial charge < -0.3 is 5.32 Å². The second-order valence-electron chi connectivity index (χ2n) is 4.60. The highest BCUT2D eigenvalue weighted by molar-refractivity contribution is 5.83. The van der Waals surface area contributed by atoms with Crippen LogP contribution in [0.4, 0.5) is 5.69 Å². The number of nitrogens with zero attached hydrogens (tertiary/aromatic N) is 2. The van der Waals surface area contributed by atoms with E-state index in [1.807, 2.05) is 13.8 Å². The zero-order chi connectivity index (χ0) is 11.5. The summed E-state index contributed by atoms with van der Waals surface area (Å²) >= 11 is 0. The Kier molecular flexibility index (Phi) is 3.17. The highest BCUT2D eigenvalue weighted by Gasteiger charge is 2.22. The lowest BCUT2D eigenvalue weighted by Gasteiger charge is -2.10. The summed E-state index contributed by atoms with van der Waals surface area (Å²) in [5.41, 5.74) is 1.74. The van der Waals surface area contributed by atoms with E-state index in [1.165, 1.54) is 19.2 Å². The van der Waals surface area contributed by atoms with Crippen LogP contribution in [0.2, 0.25) is 0 Å². The maximum atomic E-state index is 11.7. The maximum Gasteiger partial charge on any atom is 0.141 e. The van der Waals surface area contributed by atoms with Gasteiger partial charge in [0.05, 0.1) is 24.0 Å². The van der Waals surface area contributed by atoms with Gasteiger partial charge in [0, 0.05) is 12.0 Å². The Morgan fingerprint density at radius 2 is 2.31 bits per heavy atom. The van der Waals surface area contributed by atoms with Gasteiger partial charge in [-0.3, -0.25) is 4.79 Å². The van der Waals surface area contributed by atoms with E-state index in [1.54, 1.807) is 6.20 Å². The molecule has 86 valence electrons. The zero-order valence-electron chi connectivity index (χ0n) is 9.73. The van der Waals surface area contributed by atoms with Gasteiger partial charge in [-0.15, -0.1) is 0 Å². The average Bonchev–Trinajstić information content (AvgIpc) is 3.04. The number of nitrogens with one attached hydrogen (secondary N) is 1. The van der Waals surface area contributed by atoms with Gasteiger partial charge in [0.25, 0.3) is 0 Å². The lowest BCUT2D eigenvalue weighted by molar-refractivity contribution is -0.121. The standard InChI is InChI=1S/C12H17N3O/c1-8(2)12(16)5-10-11(6-13-7-14-10)15-9-3-4-9/h6-9,15H,3-5H2,1-2H3. The van der Waals surface area contributed by atoms with Gasteiger partial charge in [-0.1, -0.05) is 13.8 Å². The number of Topliss-reactive ketones (excluding diaryl/α,β-unsaturated/α-hetero) is 1. The van der Waals surface area contributed by atoms with Crippen molar-refractivity contribution in [2.75, 3.05) is 5.32 Å². The molecular weight excluding hydrogens is 202 g/mol. The average molecular weight is 219 g/mol. The Morgan fingerprint density at radius 3 is 2.94 bits per heavy atom. The van der Waals surface area contributed by atoms with Gasteiger partial charge in [-0.25, -0.2) is 9.97 Å². The van der Waals surface area contributed by atoms with E-state index in [-0.39, 0.29) is 11.7 Å². The van der Waals surface area contributed by atoms with Gasteiger partial charge in [0.2, 0.25) is 0 Å². The van der Waals surface area contributed by atoms with Crippen molar-refractivity contribution in [1.29, 1.82) is 0 Å². The van der Waals surface area contributed by atoms with E-state index in [0.717, 1.165) is 11.4 Å². The summed E-state index contributed by atoms with van der Waals surface area (Å²) in [5, 5.41) is 3.35. The molecule has 1 aromatic heterocycles. The SMILES string of the molecule is CC(C)C(=O)Cc1ncncc1NC1CC1. The fourth-order valence-electron chi connectivity index (χ4n) is 1.43. The predicted octanol–water partition coefficient (Wildman–Crippen LogP) is 1.82. The lowest BCUT2D eigenvalue weighted by Crippen LogP contribution is -2.14. The molecular formula is C12H17N3O. The van der Waals surface area contributed by atoms with Crippen LogP contribution in [0.3, 0.4) is 0 Å². The molecule has 1 aliphatic carbocycles. The number of hydrogen-bond acceptors (Lipinski definition) is 4. The number of aromatic nitrogens is 2. The Bertz CT molecular complexity index is 386. The number of rotatable bonds is 5. The summed E-state index contributed by atoms with van der Waals surface area (Å²) in [4.78, 5) is 19.9. The van der Waals surface area contributed by atoms with E-state index < -0.39 is 0 Å². The molecule has 0 saturated heterocycles. The van der Waals surface area contributed by atoms with E-state index in [0.29, 0.717) is 12.5 Å². The number of anilines is 1. The maximum absolute atomic E-state index is 11.7. The summed E-state index contributed by atoms with van der Waals surface area (Å²) in [6.07, 6.45) is 6.06. The van der Waals surface area contributed by atoms with Crippen LogP contribution in [0.1, 0.15) is 32.4 Å². The smallest absolute Gasteiger partial charge is 0.141 e. The number of hydrogen-bond donors (Lipinski definition) is 1. The second kappa shape index (κ2) is 4.60. The fraction of sp³-hybridized carbons (Fsp3) is 0.583. The third-order valence-corrected chi connectivity index (χ3v) is 2.72. The highest BCUT2D eigenvalue weighted by atomic mass is 16.1. The summed E-state index contributed by atoms with van der Waals surface area (Å²) in [5.74, 6) is 0.279. The minimum absolute atomic E-state index is 0.0590. The third kappa shape index (κ3) is 2.78. The van der Waals surface area contributed by atoms with Gasteiger partial charge in [-0.2, -0.15) is 0 Å². The first-order valence-electron chi connectivity index (χ1n) is 5.75. The van der Waals surface area contributed by atoms with Gasteiger partial charge in [0.15, 0.2) is 0 Å². The van der Waals surface area contributed by atoms with E-state index >= 15 is 0 Å². The highest BCUT2D eigenvalue weighted by Crippen LogP contribution is 2.25. The minimum atomic E-state index is 0.0590. The Labute approximate surface area is 95.5 Å². The number of carbonyl (C=O) groups is 1. The fourth-order valence-corrected chi connectivity index (χ4v) is 1.43. The largest absolute Gasteiger partial charge is 0.380 e. The second-order valence-corrected chi connectivity index (χ2v) is 4.60. The van der Waals surface area contributed by atoms with Crippen LogP contribution < -0.4 is 5.32 Å². The molecule has 0 bridgehead atoms. The van der Waals surface area contributed by atoms with Crippen molar-refractivity contribution in [3.8, 4) is 0 Å². The first-order chi connectivity index (χ1) is 7.66. The van der Waals surface area contributed by atoms with Crippen LogP contribution in [0.15, 0.2) is 12.5 Å². The molecule has 1 fully saturated rings. The monoisotopic (exact) mass is 219 g/mol. The predicted molar refractivity (Wildman–Crippen MR) is 62.2 cm³/mol. The quantitative estimate of drug-likeness (QED) is 0.820. The molecule has 1 aliphatic rings. The van der Waals surface area contributed by atoms with Crippen molar-refractivity contribution in [3.63, 3.8) is 0 Å². The third-order valence-electron chi connectivity index (χ3n) is 2.72. The van der Waals surface area contributed by atoms with Gasteiger partial charge >= 0.3 is 0 Å². The Hall–Kier alpha value is -1.45. The van der Waals surface area contributed by atoms with Crippen LogP contribution in [-0.2, 0) is 11.2 Å². The van der Waals surface area contributed by atoms with E-state index in [4.69, 9.17) is 0 Å². The van der Waals surface area contributed by atoms with Crippen molar-refractivity contribution in [1.82, 2.24) is 9.97 Å². The normalized spacial score (nSPS) is 15.2. The van der Waals surface area contributed by atoms with Crippen molar-refractivity contribution in [2.45, 2.75) is 39.2 Å². The Morgan fingerprint density at radius 1 is 1.56 bits per heavy atom. The zero-order valence-corrected chi connectivity index (χ0v) is 9.73. The molecule has 16 heavy (non-hydrogen) atoms. The molecule has 2 rings (SSSR count). The molecule has 0 atom stereocenters. The molecule has 4 heteroatoms. The van der Waals surface area contributed by atoms with E-state index in [9.17, 15) is 4.79 Å². The van der Waals surface area contributed by atoms with Crippen molar-refractivity contribution < 1.29 is 4.79 Å². The van der Waals surface area contributed by atoms with Gasteiger partial charge in [-0.05, 0) is 12.8 Å². The molecule has 0 aliphatic heterocycles. The topological polar surface area (TPSA) is 54.9 Å². The number of ketones is 1. The van der Waals surface area contributed by atoms with Gasteiger partial charge in [0.1, 0.15) is 12.1 Å². The first-order valence-corrected chi connectivity index (χ1v) is 5.75. The molecule has 1 heterocycles. The lowest BCUT2D eigenvalue weighted by atomic mass is 10.0. The molecule has 0 radical (unpaired) electrons. The minimum Gasteiger partial charge on any atom is -0.380 e. The van der Waals surface area contributed by atoms with Crippen LogP contribution >= 0.6 is 0 Å².